The molecule has 0 aliphatic carbocycles. The highest BCUT2D eigenvalue weighted by atomic mass is 16.5. The fourth-order valence-electron chi connectivity index (χ4n) is 2.29. The summed E-state index contributed by atoms with van der Waals surface area (Å²) >= 11 is 0. The van der Waals surface area contributed by atoms with Crippen molar-refractivity contribution in [3.8, 4) is 0 Å². The second kappa shape index (κ2) is 8.51. The summed E-state index contributed by atoms with van der Waals surface area (Å²) in [5.74, 6) is 0.590. The Bertz CT molecular complexity index is 439. The van der Waals surface area contributed by atoms with Crippen LogP contribution in [0.2, 0.25) is 0 Å². The van der Waals surface area contributed by atoms with Crippen molar-refractivity contribution in [3.05, 3.63) is 29.8 Å². The van der Waals surface area contributed by atoms with Crippen LogP contribution < -0.4 is 4.90 Å². The number of morpholine rings is 1. The summed E-state index contributed by atoms with van der Waals surface area (Å²) in [4.78, 5) is 18.7. The Balaban J connectivity index is 0.000000612. The zero-order valence-corrected chi connectivity index (χ0v) is 12.5. The highest BCUT2D eigenvalue weighted by molar-refractivity contribution is 5.49. The molecule has 1 aliphatic heterocycles. The Labute approximate surface area is 120 Å². The van der Waals surface area contributed by atoms with Crippen LogP contribution in [0.25, 0.3) is 0 Å². The van der Waals surface area contributed by atoms with Gasteiger partial charge in [-0.2, -0.15) is 9.59 Å². The maximum atomic E-state index is 8.12. The van der Waals surface area contributed by atoms with Gasteiger partial charge in [-0.15, -0.1) is 0 Å². The SMILES string of the molecule is CCc1cccc(N2CCOC(C(C)C)C2)c1.O=C=O. The van der Waals surface area contributed by atoms with Crippen LogP contribution >= 0.6 is 0 Å². The number of carbonyl (C=O) groups excluding carboxylic acids is 2. The first kappa shape index (κ1) is 16.4. The maximum Gasteiger partial charge on any atom is 0.373 e. The maximum absolute atomic E-state index is 8.12. The van der Waals surface area contributed by atoms with Gasteiger partial charge in [0.05, 0.1) is 12.7 Å². The quantitative estimate of drug-likeness (QED) is 0.851. The number of hydrogen-bond acceptors (Lipinski definition) is 4. The van der Waals surface area contributed by atoms with E-state index in [4.69, 9.17) is 14.3 Å². The van der Waals surface area contributed by atoms with E-state index in [1.807, 2.05) is 0 Å². The molecule has 0 amide bonds. The van der Waals surface area contributed by atoms with Gasteiger partial charge in [-0.1, -0.05) is 32.9 Å². The van der Waals surface area contributed by atoms with Gasteiger partial charge in [-0.25, -0.2) is 0 Å². The van der Waals surface area contributed by atoms with Crippen LogP contribution in [0.3, 0.4) is 0 Å². The minimum absolute atomic E-state index is 0.250. The molecule has 1 aliphatic rings. The Morgan fingerprint density at radius 1 is 1.40 bits per heavy atom. The smallest absolute Gasteiger partial charge is 0.373 e. The predicted molar refractivity (Wildman–Crippen MR) is 77.6 cm³/mol. The van der Waals surface area contributed by atoms with Crippen molar-refractivity contribution >= 4 is 11.8 Å². The zero-order valence-electron chi connectivity index (χ0n) is 12.5. The third-order valence-corrected chi connectivity index (χ3v) is 3.52. The summed E-state index contributed by atoms with van der Waals surface area (Å²) in [5.41, 5.74) is 2.76. The average Bonchev–Trinajstić information content (AvgIpc) is 2.48. The zero-order chi connectivity index (χ0) is 15.0. The molecule has 0 aromatic heterocycles. The third-order valence-electron chi connectivity index (χ3n) is 3.52. The minimum atomic E-state index is 0.250. The lowest BCUT2D eigenvalue weighted by molar-refractivity contribution is -0.191. The Morgan fingerprint density at radius 3 is 2.70 bits per heavy atom. The highest BCUT2D eigenvalue weighted by Crippen LogP contribution is 2.21. The first-order chi connectivity index (χ1) is 9.62. The largest absolute Gasteiger partial charge is 0.374 e. The molecule has 1 aromatic carbocycles. The Hall–Kier alpha value is -1.64. The molecule has 1 fully saturated rings. The van der Waals surface area contributed by atoms with E-state index < -0.39 is 0 Å². The van der Waals surface area contributed by atoms with E-state index in [1.54, 1.807) is 0 Å². The van der Waals surface area contributed by atoms with Crippen molar-refractivity contribution in [2.45, 2.75) is 33.3 Å². The first-order valence-electron chi connectivity index (χ1n) is 7.07. The Morgan fingerprint density at radius 2 is 2.10 bits per heavy atom. The number of rotatable bonds is 3. The molecule has 4 nitrogen and oxygen atoms in total. The number of benzene rings is 1. The Kier molecular flexibility index (Phi) is 6.99. The molecular weight excluding hydrogens is 254 g/mol. The van der Waals surface area contributed by atoms with Crippen LogP contribution in [0.15, 0.2) is 24.3 Å². The van der Waals surface area contributed by atoms with Crippen molar-refractivity contribution in [1.29, 1.82) is 0 Å². The molecule has 0 radical (unpaired) electrons. The van der Waals surface area contributed by atoms with Crippen LogP contribution in [0, 0.1) is 5.92 Å². The van der Waals surface area contributed by atoms with Gasteiger partial charge in [0.2, 0.25) is 0 Å². The van der Waals surface area contributed by atoms with E-state index in [9.17, 15) is 0 Å². The molecule has 4 heteroatoms. The van der Waals surface area contributed by atoms with E-state index >= 15 is 0 Å². The minimum Gasteiger partial charge on any atom is -0.374 e. The van der Waals surface area contributed by atoms with Gasteiger partial charge in [-0.3, -0.25) is 0 Å². The second-order valence-corrected chi connectivity index (χ2v) is 5.21. The summed E-state index contributed by atoms with van der Waals surface area (Å²) in [7, 11) is 0. The van der Waals surface area contributed by atoms with Crippen molar-refractivity contribution in [2.75, 3.05) is 24.6 Å². The van der Waals surface area contributed by atoms with E-state index in [1.165, 1.54) is 11.3 Å². The van der Waals surface area contributed by atoms with E-state index in [0.29, 0.717) is 12.0 Å². The number of anilines is 1. The van der Waals surface area contributed by atoms with Crippen molar-refractivity contribution in [3.63, 3.8) is 0 Å². The fraction of sp³-hybridized carbons (Fsp3) is 0.562. The molecule has 1 unspecified atom stereocenters. The van der Waals surface area contributed by atoms with E-state index in [-0.39, 0.29) is 6.15 Å². The lowest BCUT2D eigenvalue weighted by Crippen LogP contribution is -2.44. The van der Waals surface area contributed by atoms with Gasteiger partial charge >= 0.3 is 6.15 Å². The van der Waals surface area contributed by atoms with Crippen molar-refractivity contribution in [2.24, 2.45) is 5.92 Å². The molecule has 110 valence electrons. The lowest BCUT2D eigenvalue weighted by atomic mass is 10.0. The summed E-state index contributed by atoms with van der Waals surface area (Å²) in [6.07, 6.45) is 1.72. The highest BCUT2D eigenvalue weighted by Gasteiger charge is 2.23. The van der Waals surface area contributed by atoms with Gasteiger partial charge < -0.3 is 9.64 Å². The summed E-state index contributed by atoms with van der Waals surface area (Å²) in [6.45, 7) is 9.54. The molecule has 0 N–H and O–H groups in total. The molecule has 2 rings (SSSR count). The summed E-state index contributed by atoms with van der Waals surface area (Å²) in [5, 5.41) is 0. The van der Waals surface area contributed by atoms with E-state index in [2.05, 4.69) is 49.9 Å². The van der Waals surface area contributed by atoms with Crippen molar-refractivity contribution < 1.29 is 14.3 Å². The van der Waals surface area contributed by atoms with Crippen LogP contribution in [0.5, 0.6) is 0 Å². The van der Waals surface area contributed by atoms with Gasteiger partial charge in [0, 0.05) is 18.8 Å². The summed E-state index contributed by atoms with van der Waals surface area (Å²) < 4.78 is 5.81. The average molecular weight is 277 g/mol. The van der Waals surface area contributed by atoms with Crippen molar-refractivity contribution in [1.82, 2.24) is 0 Å². The predicted octanol–water partition coefficient (Wildman–Crippen LogP) is 2.53. The number of nitrogens with zero attached hydrogens (tertiary/aromatic N) is 1. The third kappa shape index (κ3) is 4.80. The molecule has 0 bridgehead atoms. The normalized spacial score (nSPS) is 18.2. The lowest BCUT2D eigenvalue weighted by Gasteiger charge is -2.36. The first-order valence-corrected chi connectivity index (χ1v) is 7.07. The number of ether oxygens (including phenoxy) is 1. The number of hydrogen-bond donors (Lipinski definition) is 0. The standard InChI is InChI=1S/C15H23NO.CO2/c1-4-13-6-5-7-14(10-13)16-8-9-17-15(11-16)12(2)3;2-1-3/h5-7,10,12,15H,4,8-9,11H2,1-3H3;. The fourth-order valence-corrected chi connectivity index (χ4v) is 2.29. The topological polar surface area (TPSA) is 46.6 Å². The van der Waals surface area contributed by atoms with Gasteiger partial charge in [0.1, 0.15) is 0 Å². The van der Waals surface area contributed by atoms with Crippen LogP contribution in [0.4, 0.5) is 5.69 Å². The van der Waals surface area contributed by atoms with Crippen LogP contribution in [-0.2, 0) is 20.7 Å². The number of aryl methyl sites for hydroxylation is 1. The molecule has 1 heterocycles. The molecule has 0 saturated carbocycles. The molecule has 1 aromatic rings. The van der Waals surface area contributed by atoms with Crippen LogP contribution in [-0.4, -0.2) is 32.0 Å². The van der Waals surface area contributed by atoms with Gasteiger partial charge in [-0.05, 0) is 30.0 Å². The molecule has 20 heavy (non-hydrogen) atoms. The summed E-state index contributed by atoms with van der Waals surface area (Å²) in [6, 6.07) is 8.88. The molecule has 1 atom stereocenters. The molecule has 0 spiro atoms. The molecule has 1 saturated heterocycles. The van der Waals surface area contributed by atoms with Gasteiger partial charge in [0.15, 0.2) is 0 Å². The van der Waals surface area contributed by atoms with Gasteiger partial charge in [0.25, 0.3) is 0 Å². The van der Waals surface area contributed by atoms with E-state index in [0.717, 1.165) is 26.1 Å². The molecular formula is C16H23NO3. The monoisotopic (exact) mass is 277 g/mol. The van der Waals surface area contributed by atoms with Crippen LogP contribution in [0.1, 0.15) is 26.3 Å². The second-order valence-electron chi connectivity index (χ2n) is 5.21.